The van der Waals surface area contributed by atoms with Gasteiger partial charge in [-0.1, -0.05) is 6.92 Å². The molecule has 0 aromatic rings. The number of aliphatic hydroxyl groups is 1. The molecule has 3 heteroatoms. The summed E-state index contributed by atoms with van der Waals surface area (Å²) in [4.78, 5) is 0. The minimum Gasteiger partial charge on any atom is -0.396 e. The first-order valence-corrected chi connectivity index (χ1v) is 4.02. The van der Waals surface area contributed by atoms with E-state index < -0.39 is 5.92 Å². The van der Waals surface area contributed by atoms with Gasteiger partial charge >= 0.3 is 0 Å². The van der Waals surface area contributed by atoms with Crippen LogP contribution in [0, 0.1) is 11.8 Å². The summed E-state index contributed by atoms with van der Waals surface area (Å²) >= 11 is 0. The number of alkyl halides is 2. The van der Waals surface area contributed by atoms with Crippen LogP contribution < -0.4 is 0 Å². The summed E-state index contributed by atoms with van der Waals surface area (Å²) in [5.41, 5.74) is 0. The maximum atomic E-state index is 12.3. The number of rotatable bonds is 3. The lowest BCUT2D eigenvalue weighted by molar-refractivity contribution is -0.116. The molecule has 0 spiro atoms. The number of halogens is 2. The quantitative estimate of drug-likeness (QED) is 0.676. The van der Waals surface area contributed by atoms with E-state index in [2.05, 4.69) is 0 Å². The summed E-state index contributed by atoms with van der Waals surface area (Å²) in [6, 6.07) is 0. The molecule has 0 bridgehead atoms. The highest BCUT2D eigenvalue weighted by atomic mass is 19.3. The molecule has 1 fully saturated rings. The van der Waals surface area contributed by atoms with Crippen LogP contribution in [0.4, 0.5) is 8.78 Å². The maximum Gasteiger partial charge on any atom is 0.248 e. The van der Waals surface area contributed by atoms with Crippen LogP contribution in [0.5, 0.6) is 0 Å². The van der Waals surface area contributed by atoms with Crippen molar-refractivity contribution in [3.63, 3.8) is 0 Å². The molecule has 0 aromatic carbocycles. The Morgan fingerprint density at radius 3 is 2.45 bits per heavy atom. The van der Waals surface area contributed by atoms with Gasteiger partial charge in [0, 0.05) is 19.4 Å². The third kappa shape index (κ3) is 2.40. The Labute approximate surface area is 65.4 Å². The summed E-state index contributed by atoms with van der Waals surface area (Å²) in [7, 11) is 0. The Hall–Kier alpha value is -0.180. The molecule has 66 valence electrons. The maximum absolute atomic E-state index is 12.3. The van der Waals surface area contributed by atoms with Crippen LogP contribution >= 0.6 is 0 Å². The summed E-state index contributed by atoms with van der Waals surface area (Å²) in [5.74, 6) is -2.08. The van der Waals surface area contributed by atoms with E-state index in [4.69, 9.17) is 5.11 Å². The van der Waals surface area contributed by atoms with E-state index in [-0.39, 0.29) is 31.3 Å². The zero-order chi connectivity index (χ0) is 8.48. The van der Waals surface area contributed by atoms with Crippen molar-refractivity contribution in [1.82, 2.24) is 0 Å². The van der Waals surface area contributed by atoms with Crippen LogP contribution in [0.15, 0.2) is 0 Å². The third-order valence-electron chi connectivity index (χ3n) is 2.22. The van der Waals surface area contributed by atoms with Crippen molar-refractivity contribution in [3.05, 3.63) is 0 Å². The van der Waals surface area contributed by atoms with Crippen molar-refractivity contribution >= 4 is 0 Å². The summed E-state index contributed by atoms with van der Waals surface area (Å²) in [6.07, 6.45) is 0.792. The van der Waals surface area contributed by atoms with Crippen LogP contribution in [-0.4, -0.2) is 17.6 Å². The highest BCUT2D eigenvalue weighted by Crippen LogP contribution is 2.45. The monoisotopic (exact) mass is 164 g/mol. The molecule has 11 heavy (non-hydrogen) atoms. The van der Waals surface area contributed by atoms with E-state index >= 15 is 0 Å². The summed E-state index contributed by atoms with van der Waals surface area (Å²) in [5, 5.41) is 8.65. The molecule has 0 aliphatic heterocycles. The van der Waals surface area contributed by atoms with Gasteiger partial charge in [0.05, 0.1) is 0 Å². The largest absolute Gasteiger partial charge is 0.396 e. The minimum atomic E-state index is -2.40. The molecule has 1 N–H and O–H groups in total. The van der Waals surface area contributed by atoms with Gasteiger partial charge in [0.1, 0.15) is 0 Å². The Morgan fingerprint density at radius 2 is 2.09 bits per heavy atom. The fourth-order valence-electron chi connectivity index (χ4n) is 1.60. The summed E-state index contributed by atoms with van der Waals surface area (Å²) in [6.45, 7) is 2.00. The number of aliphatic hydroxyl groups excluding tert-OH is 1. The van der Waals surface area contributed by atoms with Crippen molar-refractivity contribution in [2.75, 3.05) is 6.61 Å². The van der Waals surface area contributed by atoms with Gasteiger partial charge in [-0.05, 0) is 18.3 Å². The van der Waals surface area contributed by atoms with Crippen molar-refractivity contribution in [1.29, 1.82) is 0 Å². The molecule has 0 amide bonds. The van der Waals surface area contributed by atoms with Crippen molar-refractivity contribution < 1.29 is 13.9 Å². The molecule has 1 aliphatic rings. The smallest absolute Gasteiger partial charge is 0.248 e. The molecule has 1 saturated carbocycles. The lowest BCUT2D eigenvalue weighted by Gasteiger charge is -2.36. The molecular formula is C8H14F2O. The molecule has 1 nitrogen and oxygen atoms in total. The SMILES string of the molecule is CC(CO)CC1CC(F)(F)C1. The Balaban J connectivity index is 2.13. The molecule has 0 radical (unpaired) electrons. The lowest BCUT2D eigenvalue weighted by atomic mass is 9.76. The Bertz CT molecular complexity index is 128. The van der Waals surface area contributed by atoms with Crippen LogP contribution in [0.2, 0.25) is 0 Å². The topological polar surface area (TPSA) is 20.2 Å². The zero-order valence-electron chi connectivity index (χ0n) is 6.69. The van der Waals surface area contributed by atoms with Crippen LogP contribution in [0.3, 0.4) is 0 Å². The van der Waals surface area contributed by atoms with Gasteiger partial charge in [-0.25, -0.2) is 8.78 Å². The van der Waals surface area contributed by atoms with E-state index in [0.29, 0.717) is 0 Å². The molecule has 1 aliphatic carbocycles. The van der Waals surface area contributed by atoms with E-state index in [1.54, 1.807) is 0 Å². The fourth-order valence-corrected chi connectivity index (χ4v) is 1.60. The predicted molar refractivity (Wildman–Crippen MR) is 38.5 cm³/mol. The highest BCUT2D eigenvalue weighted by molar-refractivity contribution is 4.86. The average molecular weight is 164 g/mol. The van der Waals surface area contributed by atoms with Gasteiger partial charge in [0.2, 0.25) is 5.92 Å². The zero-order valence-corrected chi connectivity index (χ0v) is 6.69. The molecule has 0 aromatic heterocycles. The average Bonchev–Trinajstić information content (AvgIpc) is 1.83. The lowest BCUT2D eigenvalue weighted by Crippen LogP contribution is -2.36. The van der Waals surface area contributed by atoms with E-state index in [0.717, 1.165) is 6.42 Å². The van der Waals surface area contributed by atoms with Crippen molar-refractivity contribution in [2.24, 2.45) is 11.8 Å². The normalized spacial score (nSPS) is 26.2. The Kier molecular flexibility index (Phi) is 2.47. The van der Waals surface area contributed by atoms with E-state index in [1.807, 2.05) is 6.92 Å². The van der Waals surface area contributed by atoms with Gasteiger partial charge in [0.15, 0.2) is 0 Å². The fraction of sp³-hybridized carbons (Fsp3) is 1.00. The van der Waals surface area contributed by atoms with E-state index in [9.17, 15) is 8.78 Å². The van der Waals surface area contributed by atoms with Crippen molar-refractivity contribution in [2.45, 2.75) is 32.1 Å². The minimum absolute atomic E-state index is 0.0251. The highest BCUT2D eigenvalue weighted by Gasteiger charge is 2.45. The second kappa shape index (κ2) is 3.05. The van der Waals surface area contributed by atoms with Crippen molar-refractivity contribution in [3.8, 4) is 0 Å². The summed E-state index contributed by atoms with van der Waals surface area (Å²) < 4.78 is 24.6. The van der Waals surface area contributed by atoms with Gasteiger partial charge in [0.25, 0.3) is 0 Å². The second-order valence-electron chi connectivity index (χ2n) is 3.65. The van der Waals surface area contributed by atoms with Crippen LogP contribution in [-0.2, 0) is 0 Å². The Morgan fingerprint density at radius 1 is 1.55 bits per heavy atom. The van der Waals surface area contributed by atoms with Gasteiger partial charge in [-0.15, -0.1) is 0 Å². The first-order valence-electron chi connectivity index (χ1n) is 4.02. The molecule has 1 rings (SSSR count). The molecular weight excluding hydrogens is 150 g/mol. The number of hydrogen-bond donors (Lipinski definition) is 1. The van der Waals surface area contributed by atoms with Crippen LogP contribution in [0.1, 0.15) is 26.2 Å². The third-order valence-corrected chi connectivity index (χ3v) is 2.22. The predicted octanol–water partition coefficient (Wildman–Crippen LogP) is 2.05. The van der Waals surface area contributed by atoms with Gasteiger partial charge in [-0.3, -0.25) is 0 Å². The van der Waals surface area contributed by atoms with Crippen LogP contribution in [0.25, 0.3) is 0 Å². The second-order valence-corrected chi connectivity index (χ2v) is 3.65. The van der Waals surface area contributed by atoms with Gasteiger partial charge < -0.3 is 5.11 Å². The standard InChI is InChI=1S/C8H14F2O/c1-6(5-11)2-7-3-8(9,10)4-7/h6-7,11H,2-5H2,1H3. The molecule has 1 unspecified atom stereocenters. The first kappa shape index (κ1) is 8.91. The molecule has 1 atom stereocenters. The van der Waals surface area contributed by atoms with E-state index in [1.165, 1.54) is 0 Å². The molecule has 0 saturated heterocycles. The molecule has 0 heterocycles. The number of hydrogen-bond acceptors (Lipinski definition) is 1. The first-order chi connectivity index (χ1) is 5.03. The van der Waals surface area contributed by atoms with Gasteiger partial charge in [-0.2, -0.15) is 0 Å².